The molecule has 5 nitrogen and oxygen atoms in total. The van der Waals surface area contributed by atoms with Crippen molar-refractivity contribution in [2.45, 2.75) is 389 Å². The van der Waals surface area contributed by atoms with E-state index >= 15 is 0 Å². The van der Waals surface area contributed by atoms with Gasteiger partial charge in [-0.25, -0.2) is 0 Å². The molecule has 0 N–H and O–H groups in total. The molecule has 1 atom stereocenters. The van der Waals surface area contributed by atoms with Crippen molar-refractivity contribution < 1.29 is 23.7 Å². The van der Waals surface area contributed by atoms with Crippen molar-refractivity contribution in [1.29, 1.82) is 0 Å². The molecule has 3 saturated carbocycles. The van der Waals surface area contributed by atoms with Gasteiger partial charge < -0.3 is 23.7 Å². The van der Waals surface area contributed by atoms with Crippen LogP contribution in [0.1, 0.15) is 333 Å². The third-order valence-corrected chi connectivity index (χ3v) is 19.0. The zero-order valence-corrected chi connectivity index (χ0v) is 51.6. The normalized spacial score (nSPS) is 32.4. The fourth-order valence-electron chi connectivity index (χ4n) is 14.2. The molecule has 3 aliphatic carbocycles. The van der Waals surface area contributed by atoms with Crippen LogP contribution in [-0.4, -0.2) is 56.0 Å². The second-order valence-corrected chi connectivity index (χ2v) is 29.2. The maximum atomic E-state index is 6.46. The average molecular weight is 976 g/mol. The van der Waals surface area contributed by atoms with Crippen LogP contribution in [0.4, 0.5) is 0 Å². The van der Waals surface area contributed by atoms with Crippen LogP contribution in [0.15, 0.2) is 0 Å². The summed E-state index contributed by atoms with van der Waals surface area (Å²) in [6, 6.07) is 0. The number of hydrogen-bond acceptors (Lipinski definition) is 5. The van der Waals surface area contributed by atoms with Gasteiger partial charge in [0.1, 0.15) is 0 Å². The van der Waals surface area contributed by atoms with Crippen LogP contribution >= 0.6 is 0 Å². The largest absolute Gasteiger partial charge is 0.370 e. The van der Waals surface area contributed by atoms with E-state index in [2.05, 4.69) is 166 Å². The van der Waals surface area contributed by atoms with Crippen LogP contribution < -0.4 is 0 Å². The Morgan fingerprint density at radius 1 is 0.319 bits per heavy atom. The number of rotatable bonds is 7. The van der Waals surface area contributed by atoms with Crippen LogP contribution in [0.2, 0.25) is 0 Å². The fraction of sp³-hybridized carbons (Fsp3) is 1.00. The topological polar surface area (TPSA) is 46.2 Å². The summed E-state index contributed by atoms with van der Waals surface area (Å²) in [5.41, 5.74) is 2.80. The highest BCUT2D eigenvalue weighted by Gasteiger charge is 2.45. The summed E-state index contributed by atoms with van der Waals surface area (Å²) >= 11 is 0. The summed E-state index contributed by atoms with van der Waals surface area (Å²) in [5, 5.41) is 0. The van der Waals surface area contributed by atoms with Gasteiger partial charge in [0.25, 0.3) is 0 Å². The van der Waals surface area contributed by atoms with Crippen LogP contribution in [0.3, 0.4) is 0 Å². The fourth-order valence-corrected chi connectivity index (χ4v) is 14.2. The molecule has 8 aliphatic rings. The average Bonchev–Trinajstić information content (AvgIpc) is 3.72. The standard InChI is InChI=1S/C13H26O.C13H24.C11H22O.C10H20O.C9H18O.C8H16O/c1-5-12(6-2)10-9-11-13(7-3,8-4)14-12;1-12(2)7-4-8-13(3)9-5-11(12)6-10-13;1-5-10(4)8-9-11(6-2,7-3)12-10;1-8-6-9(2,3)11-10(4,5)7-8;1-8(2)6-5-7-9(3,4)10-8;1-7(2)5-6-8(3,4)9-7/h5-11H2,1-4H3;11H,4-10H2,1-3H3;5-9H2,1-4H3;8H,6-7H2,1-5H3;5-7H2,1-4H3;5-6H2,1-4H3. The first kappa shape index (κ1) is 64.9. The lowest BCUT2D eigenvalue weighted by Crippen LogP contribution is -2.47. The van der Waals surface area contributed by atoms with E-state index < -0.39 is 0 Å². The molecule has 0 amide bonds. The highest BCUT2D eigenvalue weighted by atomic mass is 16.5. The molecule has 69 heavy (non-hydrogen) atoms. The number of hydrogen-bond donors (Lipinski definition) is 0. The summed E-state index contributed by atoms with van der Waals surface area (Å²) in [5.74, 6) is 1.83. The SMILES string of the molecule is CC1(C)CCC(C)(C)O1.CC1(C)CCCC(C)(C)O1.CC12CCCC(C)(C)C(CC1)CC2.CC1CC(C)(C)OC(C)(C)C1.CCC1(C)CCC(CC)(CC)O1.CCC1(CC)CCCC(CC)(CC)O1. The van der Waals surface area contributed by atoms with Crippen molar-refractivity contribution in [2.24, 2.45) is 22.7 Å². The summed E-state index contributed by atoms with van der Waals surface area (Å²) in [7, 11) is 0. The van der Waals surface area contributed by atoms with E-state index in [1.54, 1.807) is 0 Å². The summed E-state index contributed by atoms with van der Waals surface area (Å²) in [6.07, 6.45) is 33.5. The molecule has 5 aliphatic heterocycles. The van der Waals surface area contributed by atoms with Crippen LogP contribution in [-0.2, 0) is 23.7 Å². The maximum absolute atomic E-state index is 6.46. The highest BCUT2D eigenvalue weighted by Crippen LogP contribution is 2.52. The van der Waals surface area contributed by atoms with Gasteiger partial charge >= 0.3 is 0 Å². The lowest BCUT2D eigenvalue weighted by molar-refractivity contribution is -0.196. The van der Waals surface area contributed by atoms with E-state index in [1.807, 2.05) is 0 Å². The predicted octanol–water partition coefficient (Wildman–Crippen LogP) is 20.3. The van der Waals surface area contributed by atoms with E-state index in [1.165, 1.54) is 161 Å². The second-order valence-electron chi connectivity index (χ2n) is 29.2. The van der Waals surface area contributed by atoms with E-state index in [4.69, 9.17) is 23.7 Å². The summed E-state index contributed by atoms with van der Waals surface area (Å²) in [6.45, 7) is 53.9. The predicted molar refractivity (Wildman–Crippen MR) is 301 cm³/mol. The molecule has 412 valence electrons. The molecule has 0 aromatic rings. The van der Waals surface area contributed by atoms with Gasteiger partial charge in [0.15, 0.2) is 0 Å². The van der Waals surface area contributed by atoms with Crippen molar-refractivity contribution in [3.05, 3.63) is 0 Å². The second kappa shape index (κ2) is 25.6. The lowest BCUT2D eigenvalue weighted by Gasteiger charge is -2.48. The quantitative estimate of drug-likeness (QED) is 0.254. The van der Waals surface area contributed by atoms with Crippen LogP contribution in [0.5, 0.6) is 0 Å². The van der Waals surface area contributed by atoms with Crippen molar-refractivity contribution in [3.63, 3.8) is 0 Å². The molecule has 8 rings (SSSR count). The number of fused-ring (bicyclic) bond motifs is 5. The van der Waals surface area contributed by atoms with Crippen molar-refractivity contribution >= 4 is 0 Å². The van der Waals surface area contributed by atoms with E-state index in [0.29, 0.717) is 5.41 Å². The van der Waals surface area contributed by atoms with Crippen molar-refractivity contribution in [2.75, 3.05) is 0 Å². The molecule has 0 radical (unpaired) electrons. The first-order chi connectivity index (χ1) is 31.4. The monoisotopic (exact) mass is 975 g/mol. The van der Waals surface area contributed by atoms with Crippen molar-refractivity contribution in [1.82, 2.24) is 0 Å². The van der Waals surface area contributed by atoms with Gasteiger partial charge in [-0.1, -0.05) is 82.6 Å². The molecular weight excluding hydrogens is 849 g/mol. The Morgan fingerprint density at radius 3 is 0.971 bits per heavy atom. The minimum absolute atomic E-state index is 0.0845. The smallest absolute Gasteiger partial charge is 0.0685 e. The highest BCUT2D eigenvalue weighted by molar-refractivity contribution is 4.95. The van der Waals surface area contributed by atoms with Crippen molar-refractivity contribution in [3.8, 4) is 0 Å². The van der Waals surface area contributed by atoms with E-state index in [-0.39, 0.29) is 56.0 Å². The Kier molecular flexibility index (Phi) is 24.0. The zero-order chi connectivity index (χ0) is 53.1. The molecule has 8 fully saturated rings. The van der Waals surface area contributed by atoms with E-state index in [9.17, 15) is 0 Å². The van der Waals surface area contributed by atoms with Gasteiger partial charge in [0, 0.05) is 0 Å². The molecule has 0 aromatic carbocycles. The zero-order valence-electron chi connectivity index (χ0n) is 51.6. The molecular formula is C64H126O5. The molecule has 0 aromatic heterocycles. The van der Waals surface area contributed by atoms with Gasteiger partial charge in [0.05, 0.1) is 56.0 Å². The van der Waals surface area contributed by atoms with E-state index in [0.717, 1.165) is 23.7 Å². The maximum Gasteiger partial charge on any atom is 0.0685 e. The molecule has 5 saturated heterocycles. The van der Waals surface area contributed by atoms with Gasteiger partial charge in [0.2, 0.25) is 0 Å². The molecule has 1 unspecified atom stereocenters. The van der Waals surface area contributed by atoms with Crippen LogP contribution in [0, 0.1) is 22.7 Å². The Hall–Kier alpha value is -0.200. The molecule has 0 spiro atoms. The third kappa shape index (κ3) is 21.5. The summed E-state index contributed by atoms with van der Waals surface area (Å²) in [4.78, 5) is 0. The van der Waals surface area contributed by atoms with Gasteiger partial charge in [-0.3, -0.25) is 0 Å². The van der Waals surface area contributed by atoms with Crippen LogP contribution in [0.25, 0.3) is 0 Å². The summed E-state index contributed by atoms with van der Waals surface area (Å²) < 4.78 is 30.2. The first-order valence-corrected chi connectivity index (χ1v) is 29.9. The Bertz CT molecular complexity index is 1380. The minimum atomic E-state index is 0.0845. The Morgan fingerprint density at radius 2 is 0.667 bits per heavy atom. The Balaban J connectivity index is 0.000000286. The first-order valence-electron chi connectivity index (χ1n) is 29.9. The molecule has 5 heterocycles. The minimum Gasteiger partial charge on any atom is -0.370 e. The molecule has 5 heteroatoms. The van der Waals surface area contributed by atoms with Gasteiger partial charge in [-0.05, 0) is 273 Å². The van der Waals surface area contributed by atoms with Gasteiger partial charge in [-0.2, -0.15) is 0 Å². The lowest BCUT2D eigenvalue weighted by atomic mass is 9.58. The van der Waals surface area contributed by atoms with Gasteiger partial charge in [-0.15, -0.1) is 0 Å². The number of ether oxygens (including phenoxy) is 5. The Labute approximate surface area is 433 Å². The third-order valence-electron chi connectivity index (χ3n) is 19.0. The molecule has 2 bridgehead atoms.